The van der Waals surface area contributed by atoms with E-state index in [0.717, 1.165) is 14.9 Å². The molecule has 0 bridgehead atoms. The molecule has 1 unspecified atom stereocenters. The van der Waals surface area contributed by atoms with Gasteiger partial charge in [-0.15, -0.1) is 11.3 Å². The van der Waals surface area contributed by atoms with Crippen molar-refractivity contribution in [1.29, 1.82) is 0 Å². The molecule has 0 saturated carbocycles. The highest BCUT2D eigenvalue weighted by atomic mass is 35.5. The van der Waals surface area contributed by atoms with Crippen molar-refractivity contribution < 1.29 is 4.79 Å². The Morgan fingerprint density at radius 1 is 1.30 bits per heavy atom. The van der Waals surface area contributed by atoms with Crippen molar-refractivity contribution in [1.82, 2.24) is 5.32 Å². The zero-order valence-corrected chi connectivity index (χ0v) is 13.3. The van der Waals surface area contributed by atoms with Crippen LogP contribution in [0.5, 0.6) is 0 Å². The van der Waals surface area contributed by atoms with Crippen molar-refractivity contribution in [2.24, 2.45) is 0 Å². The van der Waals surface area contributed by atoms with Crippen LogP contribution >= 0.6 is 22.9 Å². The maximum absolute atomic E-state index is 12.3. The smallest absolute Gasteiger partial charge is 0.251 e. The first-order chi connectivity index (χ1) is 9.47. The summed E-state index contributed by atoms with van der Waals surface area (Å²) >= 11 is 7.40. The molecule has 1 N–H and O–H groups in total. The number of carbonyl (C=O) groups excluding carboxylic acids is 1. The molecule has 0 fully saturated rings. The summed E-state index contributed by atoms with van der Waals surface area (Å²) in [5.74, 6) is -0.0780. The monoisotopic (exact) mass is 308 g/mol. The normalized spacial score (nSPS) is 12.0. The summed E-state index contributed by atoms with van der Waals surface area (Å²) in [4.78, 5) is 15.3. The summed E-state index contributed by atoms with van der Waals surface area (Å²) in [5.41, 5.74) is 1.66. The van der Waals surface area contributed by atoms with Crippen molar-refractivity contribution in [3.8, 4) is 0 Å². The Hall–Kier alpha value is -1.52. The highest BCUT2D eigenvalue weighted by Crippen LogP contribution is 2.26. The number of thiophene rings is 1. The van der Waals surface area contributed by atoms with Crippen LogP contribution in [0.3, 0.4) is 0 Å². The Bertz CT molecular complexity index is 609. The number of benzene rings is 1. The lowest BCUT2D eigenvalue weighted by Gasteiger charge is -2.15. The van der Waals surface area contributed by atoms with Gasteiger partial charge in [0.15, 0.2) is 0 Å². The molecule has 1 aromatic carbocycles. The van der Waals surface area contributed by atoms with E-state index in [2.05, 4.69) is 5.32 Å². The summed E-state index contributed by atoms with van der Waals surface area (Å²) < 4.78 is 0.732. The fourth-order valence-electron chi connectivity index (χ4n) is 1.84. The van der Waals surface area contributed by atoms with Crippen molar-refractivity contribution in [3.63, 3.8) is 0 Å². The predicted molar refractivity (Wildman–Crippen MR) is 86.0 cm³/mol. The predicted octanol–water partition coefficient (Wildman–Crippen LogP) is 3.96. The topological polar surface area (TPSA) is 32.3 Å². The van der Waals surface area contributed by atoms with E-state index < -0.39 is 0 Å². The average molecular weight is 309 g/mol. The number of rotatable bonds is 4. The van der Waals surface area contributed by atoms with Crippen LogP contribution in [-0.4, -0.2) is 20.0 Å². The molecular formula is C15H17ClN2OS. The zero-order chi connectivity index (χ0) is 14.7. The van der Waals surface area contributed by atoms with E-state index in [9.17, 15) is 4.79 Å². The number of amides is 1. The molecule has 2 rings (SSSR count). The van der Waals surface area contributed by atoms with E-state index in [-0.39, 0.29) is 11.9 Å². The van der Waals surface area contributed by atoms with Gasteiger partial charge in [0.05, 0.1) is 10.4 Å². The van der Waals surface area contributed by atoms with E-state index in [4.69, 9.17) is 11.6 Å². The summed E-state index contributed by atoms with van der Waals surface area (Å²) in [6.07, 6.45) is 0. The molecule has 0 spiro atoms. The van der Waals surface area contributed by atoms with Crippen molar-refractivity contribution in [2.75, 3.05) is 19.0 Å². The second kappa shape index (κ2) is 6.29. The van der Waals surface area contributed by atoms with Gasteiger partial charge in [0.2, 0.25) is 0 Å². The Morgan fingerprint density at radius 3 is 2.65 bits per heavy atom. The maximum atomic E-state index is 12.3. The summed E-state index contributed by atoms with van der Waals surface area (Å²) in [6, 6.07) is 11.3. The van der Waals surface area contributed by atoms with E-state index in [0.29, 0.717) is 5.56 Å². The van der Waals surface area contributed by atoms with Crippen LogP contribution in [-0.2, 0) is 0 Å². The van der Waals surface area contributed by atoms with Gasteiger partial charge in [0, 0.05) is 30.2 Å². The van der Waals surface area contributed by atoms with Crippen LogP contribution in [0.2, 0.25) is 4.34 Å². The number of anilines is 1. The molecule has 5 heteroatoms. The first-order valence-electron chi connectivity index (χ1n) is 6.31. The Labute approximate surface area is 128 Å². The minimum absolute atomic E-state index is 0.0528. The number of hydrogen-bond acceptors (Lipinski definition) is 3. The first-order valence-corrected chi connectivity index (χ1v) is 7.50. The third-order valence-electron chi connectivity index (χ3n) is 2.99. The largest absolute Gasteiger partial charge is 0.378 e. The van der Waals surface area contributed by atoms with Crippen LogP contribution in [0.15, 0.2) is 36.4 Å². The van der Waals surface area contributed by atoms with E-state index in [1.807, 2.05) is 62.3 Å². The first kappa shape index (κ1) is 14.9. The molecule has 0 aliphatic heterocycles. The molecular weight excluding hydrogens is 292 g/mol. The van der Waals surface area contributed by atoms with Crippen LogP contribution < -0.4 is 10.2 Å². The Kier molecular flexibility index (Phi) is 4.68. The lowest BCUT2D eigenvalue weighted by molar-refractivity contribution is 0.0940. The summed E-state index contributed by atoms with van der Waals surface area (Å²) in [6.45, 7) is 1.95. The lowest BCUT2D eigenvalue weighted by atomic mass is 10.1. The third-order valence-corrected chi connectivity index (χ3v) is 4.41. The minimum atomic E-state index is -0.0780. The summed E-state index contributed by atoms with van der Waals surface area (Å²) in [5, 5.41) is 2.99. The average Bonchev–Trinajstić information content (AvgIpc) is 2.85. The lowest BCUT2D eigenvalue weighted by Crippen LogP contribution is -2.26. The molecule has 0 aliphatic carbocycles. The highest BCUT2D eigenvalue weighted by Gasteiger charge is 2.13. The second-order valence-corrected chi connectivity index (χ2v) is 6.53. The molecule has 0 saturated heterocycles. The number of halogens is 1. The molecule has 106 valence electrons. The highest BCUT2D eigenvalue weighted by molar-refractivity contribution is 7.16. The van der Waals surface area contributed by atoms with Gasteiger partial charge in [-0.05, 0) is 37.3 Å². The van der Waals surface area contributed by atoms with Crippen molar-refractivity contribution in [3.05, 3.63) is 51.2 Å². The van der Waals surface area contributed by atoms with Crippen LogP contribution in [0.25, 0.3) is 0 Å². The van der Waals surface area contributed by atoms with Gasteiger partial charge in [-0.25, -0.2) is 0 Å². The molecule has 0 radical (unpaired) electrons. The fourth-order valence-corrected chi connectivity index (χ4v) is 2.90. The fraction of sp³-hybridized carbons (Fsp3) is 0.267. The van der Waals surface area contributed by atoms with Crippen molar-refractivity contribution in [2.45, 2.75) is 13.0 Å². The van der Waals surface area contributed by atoms with Gasteiger partial charge in [0.25, 0.3) is 5.91 Å². The molecule has 1 aromatic heterocycles. The van der Waals surface area contributed by atoms with E-state index >= 15 is 0 Å². The van der Waals surface area contributed by atoms with Gasteiger partial charge >= 0.3 is 0 Å². The van der Waals surface area contributed by atoms with Crippen LogP contribution in [0, 0.1) is 0 Å². The Balaban J connectivity index is 2.10. The number of nitrogens with zero attached hydrogens (tertiary/aromatic N) is 1. The molecule has 1 atom stereocenters. The standard InChI is InChI=1S/C15H17ClN2OS/c1-10(13-7-8-14(16)20-13)17-15(19)11-5-4-6-12(9-11)18(2)3/h4-10H,1-3H3,(H,17,19). The van der Waals surface area contributed by atoms with Crippen molar-refractivity contribution >= 4 is 34.5 Å². The number of hydrogen-bond donors (Lipinski definition) is 1. The summed E-state index contributed by atoms with van der Waals surface area (Å²) in [7, 11) is 3.90. The SMILES string of the molecule is CC(NC(=O)c1cccc(N(C)C)c1)c1ccc(Cl)s1. The second-order valence-electron chi connectivity index (χ2n) is 4.78. The van der Waals surface area contributed by atoms with Gasteiger partial charge in [-0.2, -0.15) is 0 Å². The van der Waals surface area contributed by atoms with Gasteiger partial charge in [0.1, 0.15) is 0 Å². The number of carbonyl (C=O) groups is 1. The van der Waals surface area contributed by atoms with Gasteiger partial charge in [-0.3, -0.25) is 4.79 Å². The quantitative estimate of drug-likeness (QED) is 0.927. The molecule has 1 amide bonds. The molecule has 2 aromatic rings. The molecule has 0 aliphatic rings. The van der Waals surface area contributed by atoms with E-state index in [1.165, 1.54) is 11.3 Å². The van der Waals surface area contributed by atoms with Gasteiger partial charge < -0.3 is 10.2 Å². The maximum Gasteiger partial charge on any atom is 0.251 e. The molecule has 1 heterocycles. The number of nitrogens with one attached hydrogen (secondary N) is 1. The molecule has 3 nitrogen and oxygen atoms in total. The van der Waals surface area contributed by atoms with E-state index in [1.54, 1.807) is 0 Å². The third kappa shape index (κ3) is 3.52. The Morgan fingerprint density at radius 2 is 2.05 bits per heavy atom. The minimum Gasteiger partial charge on any atom is -0.378 e. The van der Waals surface area contributed by atoms with Crippen LogP contribution in [0.1, 0.15) is 28.2 Å². The van der Waals surface area contributed by atoms with Gasteiger partial charge in [-0.1, -0.05) is 17.7 Å². The molecule has 20 heavy (non-hydrogen) atoms. The zero-order valence-electron chi connectivity index (χ0n) is 11.7. The van der Waals surface area contributed by atoms with Crippen LogP contribution in [0.4, 0.5) is 5.69 Å².